The monoisotopic (exact) mass is 307 g/mol. The first-order valence-electron chi connectivity index (χ1n) is 6.23. The lowest BCUT2D eigenvalue weighted by Crippen LogP contribution is -2.33. The van der Waals surface area contributed by atoms with E-state index in [9.17, 15) is 4.79 Å². The number of nitrogens with zero attached hydrogens (tertiary/aromatic N) is 2. The maximum Gasteiger partial charge on any atom is 0.230 e. The summed E-state index contributed by atoms with van der Waals surface area (Å²) in [5.41, 5.74) is 2.71. The molecule has 20 heavy (non-hydrogen) atoms. The first-order chi connectivity index (χ1) is 9.83. The fourth-order valence-corrected chi connectivity index (χ4v) is 3.38. The Labute approximate surface area is 124 Å². The van der Waals surface area contributed by atoms with Gasteiger partial charge in [0.2, 0.25) is 5.91 Å². The smallest absolute Gasteiger partial charge is 0.230 e. The second kappa shape index (κ2) is 6.23. The molecule has 0 aliphatic carbocycles. The van der Waals surface area contributed by atoms with Gasteiger partial charge in [-0.05, 0) is 6.07 Å². The molecule has 5 nitrogen and oxygen atoms in total. The number of benzene rings is 1. The van der Waals surface area contributed by atoms with Crippen LogP contribution in [0, 0.1) is 0 Å². The fraction of sp³-hybridized carbons (Fsp3) is 0.308. The molecule has 1 N–H and O–H groups in total. The van der Waals surface area contributed by atoms with Crippen molar-refractivity contribution >= 4 is 29.0 Å². The molecule has 104 valence electrons. The summed E-state index contributed by atoms with van der Waals surface area (Å²) in [6, 6.07) is 7.86. The summed E-state index contributed by atoms with van der Waals surface area (Å²) in [6.45, 7) is 0.630. The quantitative estimate of drug-likeness (QED) is 0.878. The maximum absolute atomic E-state index is 12.0. The van der Waals surface area contributed by atoms with E-state index >= 15 is 0 Å². The van der Waals surface area contributed by atoms with Crippen LogP contribution in [0.2, 0.25) is 0 Å². The molecular weight excluding hydrogens is 294 g/mol. The summed E-state index contributed by atoms with van der Waals surface area (Å²) < 4.78 is 6.39. The van der Waals surface area contributed by atoms with Crippen LogP contribution in [0.5, 0.6) is 5.75 Å². The third-order valence-electron chi connectivity index (χ3n) is 2.96. The number of amides is 1. The highest BCUT2D eigenvalue weighted by atomic mass is 32.2. The predicted octanol–water partition coefficient (Wildman–Crippen LogP) is 2.27. The van der Waals surface area contributed by atoms with Gasteiger partial charge in [-0.2, -0.15) is 0 Å². The molecule has 1 aliphatic rings. The molecule has 1 aromatic heterocycles. The van der Waals surface area contributed by atoms with Gasteiger partial charge in [0.15, 0.2) is 4.34 Å². The molecule has 2 heterocycles. The molecule has 1 atom stereocenters. The van der Waals surface area contributed by atoms with Crippen molar-refractivity contribution in [2.75, 3.05) is 12.4 Å². The molecule has 1 aliphatic heterocycles. The Morgan fingerprint density at radius 1 is 1.50 bits per heavy atom. The van der Waals surface area contributed by atoms with E-state index in [4.69, 9.17) is 4.74 Å². The van der Waals surface area contributed by atoms with Crippen molar-refractivity contribution in [3.05, 3.63) is 35.3 Å². The molecule has 1 unspecified atom stereocenters. The summed E-state index contributed by atoms with van der Waals surface area (Å²) >= 11 is 2.85. The molecule has 3 rings (SSSR count). The number of nitrogens with one attached hydrogen (secondary N) is 1. The minimum atomic E-state index is 0.00639. The van der Waals surface area contributed by atoms with Crippen molar-refractivity contribution in [1.82, 2.24) is 15.5 Å². The minimum absolute atomic E-state index is 0.00639. The zero-order valence-electron chi connectivity index (χ0n) is 10.6. The summed E-state index contributed by atoms with van der Waals surface area (Å²) in [6.07, 6.45) is 0.798. The number of hydrogen-bond donors (Lipinski definition) is 1. The average molecular weight is 307 g/mol. The summed E-state index contributed by atoms with van der Waals surface area (Å²) in [4.78, 5) is 12.0. The van der Waals surface area contributed by atoms with Gasteiger partial charge >= 0.3 is 0 Å². The number of carbonyl (C=O) groups is 1. The molecule has 0 fully saturated rings. The van der Waals surface area contributed by atoms with Crippen LogP contribution < -0.4 is 10.1 Å². The first kappa shape index (κ1) is 13.4. The normalized spacial score (nSPS) is 17.1. The number of ether oxygens (including phenoxy) is 1. The van der Waals surface area contributed by atoms with Gasteiger partial charge < -0.3 is 10.1 Å². The van der Waals surface area contributed by atoms with Gasteiger partial charge in [-0.25, -0.2) is 0 Å². The number of thioether (sulfide) groups is 1. The van der Waals surface area contributed by atoms with Crippen LogP contribution in [-0.4, -0.2) is 28.5 Å². The Morgan fingerprint density at radius 3 is 3.25 bits per heavy atom. The first-order valence-corrected chi connectivity index (χ1v) is 8.09. The van der Waals surface area contributed by atoms with Crippen LogP contribution in [0.1, 0.15) is 18.0 Å². The fourth-order valence-electron chi connectivity index (χ4n) is 2.08. The van der Waals surface area contributed by atoms with Crippen molar-refractivity contribution in [2.45, 2.75) is 16.8 Å². The number of fused-ring (bicyclic) bond motifs is 1. The third-order valence-corrected chi connectivity index (χ3v) is 4.82. The second-order valence-corrected chi connectivity index (χ2v) is 6.34. The highest BCUT2D eigenvalue weighted by Gasteiger charge is 2.22. The lowest BCUT2D eigenvalue weighted by Gasteiger charge is -2.26. The largest absolute Gasteiger partial charge is 0.493 e. The van der Waals surface area contributed by atoms with E-state index in [1.165, 1.54) is 23.1 Å². The molecule has 7 heteroatoms. The number of hydrogen-bond acceptors (Lipinski definition) is 6. The van der Waals surface area contributed by atoms with Gasteiger partial charge in [-0.1, -0.05) is 41.3 Å². The summed E-state index contributed by atoms with van der Waals surface area (Å²) in [7, 11) is 0. The Kier molecular flexibility index (Phi) is 4.17. The van der Waals surface area contributed by atoms with E-state index < -0.39 is 0 Å². The molecule has 0 bridgehead atoms. The SMILES string of the molecule is O=C(CSc1nncs1)NC1CCOc2ccccc21. The van der Waals surface area contributed by atoms with Gasteiger partial charge in [-0.15, -0.1) is 10.2 Å². The van der Waals surface area contributed by atoms with Gasteiger partial charge in [-0.3, -0.25) is 4.79 Å². The van der Waals surface area contributed by atoms with Crippen molar-refractivity contribution in [2.24, 2.45) is 0 Å². The number of aromatic nitrogens is 2. The van der Waals surface area contributed by atoms with Crippen molar-refractivity contribution in [3.8, 4) is 5.75 Å². The Hall–Kier alpha value is -1.60. The van der Waals surface area contributed by atoms with E-state index in [-0.39, 0.29) is 11.9 Å². The van der Waals surface area contributed by atoms with Gasteiger partial charge in [0.25, 0.3) is 0 Å². The number of carbonyl (C=O) groups excluding carboxylic acids is 1. The van der Waals surface area contributed by atoms with Crippen LogP contribution in [0.15, 0.2) is 34.1 Å². The average Bonchev–Trinajstić information content (AvgIpc) is 2.99. The van der Waals surface area contributed by atoms with E-state index in [0.29, 0.717) is 12.4 Å². The van der Waals surface area contributed by atoms with E-state index in [0.717, 1.165) is 22.1 Å². The van der Waals surface area contributed by atoms with E-state index in [1.54, 1.807) is 5.51 Å². The number of rotatable bonds is 4. The van der Waals surface area contributed by atoms with E-state index in [1.807, 2.05) is 24.3 Å². The van der Waals surface area contributed by atoms with Crippen LogP contribution in [0.4, 0.5) is 0 Å². The maximum atomic E-state index is 12.0. The van der Waals surface area contributed by atoms with Crippen LogP contribution in [0.3, 0.4) is 0 Å². The van der Waals surface area contributed by atoms with Crippen LogP contribution >= 0.6 is 23.1 Å². The third kappa shape index (κ3) is 3.10. The Bertz CT molecular complexity index is 589. The standard InChI is InChI=1S/C13H13N3O2S2/c17-12(7-19-13-16-14-8-20-13)15-10-5-6-18-11-4-2-1-3-9(10)11/h1-4,8,10H,5-7H2,(H,15,17). The van der Waals surface area contributed by atoms with E-state index in [2.05, 4.69) is 15.5 Å². The molecule has 1 aromatic carbocycles. The summed E-state index contributed by atoms with van der Waals surface area (Å²) in [5.74, 6) is 1.22. The van der Waals surface area contributed by atoms with Crippen LogP contribution in [-0.2, 0) is 4.79 Å². The Morgan fingerprint density at radius 2 is 2.40 bits per heavy atom. The topological polar surface area (TPSA) is 64.1 Å². The molecular formula is C13H13N3O2S2. The highest BCUT2D eigenvalue weighted by Crippen LogP contribution is 2.31. The Balaban J connectivity index is 1.59. The lowest BCUT2D eigenvalue weighted by molar-refractivity contribution is -0.119. The zero-order chi connectivity index (χ0) is 13.8. The van der Waals surface area contributed by atoms with Gasteiger partial charge in [0.05, 0.1) is 18.4 Å². The van der Waals surface area contributed by atoms with Crippen molar-refractivity contribution in [1.29, 1.82) is 0 Å². The zero-order valence-corrected chi connectivity index (χ0v) is 12.2. The predicted molar refractivity (Wildman–Crippen MR) is 78.1 cm³/mol. The minimum Gasteiger partial charge on any atom is -0.493 e. The molecule has 2 aromatic rings. The van der Waals surface area contributed by atoms with Crippen molar-refractivity contribution in [3.63, 3.8) is 0 Å². The highest BCUT2D eigenvalue weighted by molar-refractivity contribution is 8.01. The second-order valence-electron chi connectivity index (χ2n) is 4.29. The van der Waals surface area contributed by atoms with Crippen LogP contribution in [0.25, 0.3) is 0 Å². The molecule has 0 saturated heterocycles. The lowest BCUT2D eigenvalue weighted by atomic mass is 10.0. The number of para-hydroxylation sites is 1. The van der Waals surface area contributed by atoms with Crippen molar-refractivity contribution < 1.29 is 9.53 Å². The molecule has 0 radical (unpaired) electrons. The molecule has 1 amide bonds. The van der Waals surface area contributed by atoms with Gasteiger partial charge in [0.1, 0.15) is 11.3 Å². The molecule has 0 saturated carbocycles. The molecule has 0 spiro atoms. The summed E-state index contributed by atoms with van der Waals surface area (Å²) in [5, 5.41) is 10.7. The van der Waals surface area contributed by atoms with Gasteiger partial charge in [0, 0.05) is 12.0 Å².